The van der Waals surface area contributed by atoms with Crippen LogP contribution in [0.25, 0.3) is 21.6 Å². The number of fused-ring (bicyclic) bond motifs is 1. The number of alkyl halides is 6. The first-order valence-electron chi connectivity index (χ1n) is 6.01. The molecule has 0 radical (unpaired) electrons. The van der Waals surface area contributed by atoms with Crippen LogP contribution in [0.3, 0.4) is 0 Å². The summed E-state index contributed by atoms with van der Waals surface area (Å²) in [6.45, 7) is 0. The second-order valence-corrected chi connectivity index (χ2v) is 5.74. The zero-order chi connectivity index (χ0) is 17.7. The highest BCUT2D eigenvalue weighted by Crippen LogP contribution is 2.40. The first-order valence-corrected chi connectivity index (χ1v) is 7.27. The minimum atomic E-state index is -5.36. The van der Waals surface area contributed by atoms with E-state index in [4.69, 9.17) is 11.6 Å². The van der Waals surface area contributed by atoms with Gasteiger partial charge in [0.15, 0.2) is 16.5 Å². The highest BCUT2D eigenvalue weighted by Gasteiger charge is 2.47. The third-order valence-corrected chi connectivity index (χ3v) is 3.98. The number of halogens is 7. The van der Waals surface area contributed by atoms with Crippen LogP contribution < -0.4 is 0 Å². The molecule has 0 aromatic carbocycles. The van der Waals surface area contributed by atoms with E-state index in [0.29, 0.717) is 4.88 Å². The molecular formula is C12H3ClF6N4S. The molecule has 4 nitrogen and oxygen atoms in total. The SMILES string of the molecule is FC(F)(F)c1nc2c(Cl)nnc(-c3cccs3)c2nc1C(F)(F)F. The van der Waals surface area contributed by atoms with Crippen LogP contribution in [-0.4, -0.2) is 20.2 Å². The topological polar surface area (TPSA) is 51.6 Å². The maximum absolute atomic E-state index is 13.0. The molecule has 126 valence electrons. The quantitative estimate of drug-likeness (QED) is 0.563. The number of hydrogen-bond donors (Lipinski definition) is 0. The zero-order valence-corrected chi connectivity index (χ0v) is 12.6. The molecule has 0 aliphatic heterocycles. The minimum absolute atomic E-state index is 0.129. The van der Waals surface area contributed by atoms with Crippen molar-refractivity contribution in [2.75, 3.05) is 0 Å². The van der Waals surface area contributed by atoms with Crippen LogP contribution in [0.2, 0.25) is 5.15 Å². The molecule has 0 amide bonds. The van der Waals surface area contributed by atoms with Gasteiger partial charge in [0.05, 0.1) is 4.88 Å². The summed E-state index contributed by atoms with van der Waals surface area (Å²) in [4.78, 5) is 6.55. The molecule has 0 bridgehead atoms. The molecule has 0 N–H and O–H groups in total. The lowest BCUT2D eigenvalue weighted by molar-refractivity contribution is -0.167. The van der Waals surface area contributed by atoms with Crippen molar-refractivity contribution >= 4 is 34.0 Å². The van der Waals surface area contributed by atoms with E-state index in [1.165, 1.54) is 6.07 Å². The maximum atomic E-state index is 13.0. The van der Waals surface area contributed by atoms with Crippen LogP contribution in [0.4, 0.5) is 26.3 Å². The van der Waals surface area contributed by atoms with Gasteiger partial charge in [0.25, 0.3) is 0 Å². The van der Waals surface area contributed by atoms with Gasteiger partial charge in [-0.25, -0.2) is 9.97 Å². The molecule has 0 saturated carbocycles. The normalized spacial score (nSPS) is 12.8. The first kappa shape index (κ1) is 16.8. The van der Waals surface area contributed by atoms with Crippen molar-refractivity contribution in [3.63, 3.8) is 0 Å². The Labute approximate surface area is 138 Å². The van der Waals surface area contributed by atoms with E-state index >= 15 is 0 Å². The molecule has 0 spiro atoms. The van der Waals surface area contributed by atoms with Crippen LogP contribution >= 0.6 is 22.9 Å². The second kappa shape index (κ2) is 5.52. The molecule has 3 aromatic heterocycles. The third-order valence-electron chi connectivity index (χ3n) is 2.84. The lowest BCUT2D eigenvalue weighted by atomic mass is 10.2. The van der Waals surface area contributed by atoms with Gasteiger partial charge in [-0.2, -0.15) is 26.3 Å². The van der Waals surface area contributed by atoms with E-state index in [-0.39, 0.29) is 5.69 Å². The first-order chi connectivity index (χ1) is 11.1. The van der Waals surface area contributed by atoms with E-state index < -0.39 is 39.9 Å². The van der Waals surface area contributed by atoms with Gasteiger partial charge in [0.2, 0.25) is 0 Å². The van der Waals surface area contributed by atoms with Gasteiger partial charge < -0.3 is 0 Å². The number of nitrogens with zero attached hydrogens (tertiary/aromatic N) is 4. The summed E-state index contributed by atoms with van der Waals surface area (Å²) in [5, 5.41) is 8.13. The number of thiophene rings is 1. The summed E-state index contributed by atoms with van der Waals surface area (Å²) in [5.74, 6) is 0. The standard InChI is InChI=1S/C12H3ClF6N4S/c13-10-7-6(5(22-23-10)4-2-1-3-24-4)20-8(11(14,15)16)9(21-7)12(17,18)19/h1-3H. The highest BCUT2D eigenvalue weighted by atomic mass is 35.5. The molecule has 0 aliphatic carbocycles. The Morgan fingerprint density at radius 2 is 1.46 bits per heavy atom. The van der Waals surface area contributed by atoms with E-state index in [1.54, 1.807) is 11.4 Å². The summed E-state index contributed by atoms with van der Waals surface area (Å²) in [6, 6.07) is 3.10. The number of aromatic nitrogens is 4. The molecular weight excluding hydrogens is 382 g/mol. The van der Waals surface area contributed by atoms with Crippen LogP contribution in [-0.2, 0) is 12.4 Å². The third kappa shape index (κ3) is 2.88. The Morgan fingerprint density at radius 1 is 0.875 bits per heavy atom. The molecule has 3 heterocycles. The van der Waals surface area contributed by atoms with Crippen molar-refractivity contribution < 1.29 is 26.3 Å². The van der Waals surface area contributed by atoms with Crippen molar-refractivity contribution in [2.24, 2.45) is 0 Å². The van der Waals surface area contributed by atoms with E-state index in [0.717, 1.165) is 11.3 Å². The maximum Gasteiger partial charge on any atom is 0.435 e. The summed E-state index contributed by atoms with van der Waals surface area (Å²) in [6.07, 6.45) is -10.7. The molecule has 0 fully saturated rings. The van der Waals surface area contributed by atoms with Crippen molar-refractivity contribution in [3.05, 3.63) is 34.1 Å². The minimum Gasteiger partial charge on any atom is -0.237 e. The summed E-state index contributed by atoms with van der Waals surface area (Å²) in [7, 11) is 0. The average molecular weight is 385 g/mol. The second-order valence-electron chi connectivity index (χ2n) is 4.43. The van der Waals surface area contributed by atoms with Crippen molar-refractivity contribution in [3.8, 4) is 10.6 Å². The smallest absolute Gasteiger partial charge is 0.237 e. The van der Waals surface area contributed by atoms with Gasteiger partial charge in [-0.3, -0.25) is 0 Å². The molecule has 3 aromatic rings. The summed E-state index contributed by atoms with van der Waals surface area (Å²) < 4.78 is 77.8. The van der Waals surface area contributed by atoms with Crippen LogP contribution in [0.1, 0.15) is 11.4 Å². The van der Waals surface area contributed by atoms with Gasteiger partial charge in [-0.15, -0.1) is 21.5 Å². The van der Waals surface area contributed by atoms with Crippen molar-refractivity contribution in [2.45, 2.75) is 12.4 Å². The van der Waals surface area contributed by atoms with Gasteiger partial charge >= 0.3 is 12.4 Å². The lowest BCUT2D eigenvalue weighted by Gasteiger charge is -2.15. The highest BCUT2D eigenvalue weighted by molar-refractivity contribution is 7.13. The summed E-state index contributed by atoms with van der Waals surface area (Å²) in [5.41, 5.74) is -5.55. The molecule has 3 rings (SSSR count). The number of rotatable bonds is 1. The largest absolute Gasteiger partial charge is 0.435 e. The van der Waals surface area contributed by atoms with Crippen LogP contribution in [0, 0.1) is 0 Å². The Bertz CT molecular complexity index is 907. The van der Waals surface area contributed by atoms with E-state index in [2.05, 4.69) is 20.2 Å². The lowest BCUT2D eigenvalue weighted by Crippen LogP contribution is -2.21. The zero-order valence-electron chi connectivity index (χ0n) is 11.1. The Kier molecular flexibility index (Phi) is 3.87. The monoisotopic (exact) mass is 384 g/mol. The molecule has 12 heteroatoms. The van der Waals surface area contributed by atoms with Gasteiger partial charge in [-0.05, 0) is 11.4 Å². The van der Waals surface area contributed by atoms with Crippen LogP contribution in [0.15, 0.2) is 17.5 Å². The Hall–Kier alpha value is -2.01. The fourth-order valence-electron chi connectivity index (χ4n) is 1.91. The molecule has 0 atom stereocenters. The predicted octanol–water partition coefficient (Wildman–Crippen LogP) is 4.84. The van der Waals surface area contributed by atoms with Gasteiger partial charge in [0, 0.05) is 0 Å². The predicted molar refractivity (Wildman–Crippen MR) is 73.5 cm³/mol. The van der Waals surface area contributed by atoms with Crippen LogP contribution in [0.5, 0.6) is 0 Å². The fraction of sp³-hybridized carbons (Fsp3) is 0.167. The van der Waals surface area contributed by atoms with Crippen molar-refractivity contribution in [1.29, 1.82) is 0 Å². The Morgan fingerprint density at radius 3 is 1.96 bits per heavy atom. The number of hydrogen-bond acceptors (Lipinski definition) is 5. The fourth-order valence-corrected chi connectivity index (χ4v) is 2.79. The van der Waals surface area contributed by atoms with Crippen molar-refractivity contribution in [1.82, 2.24) is 20.2 Å². The Balaban J connectivity index is 2.43. The summed E-state index contributed by atoms with van der Waals surface area (Å²) >= 11 is 6.76. The molecule has 24 heavy (non-hydrogen) atoms. The van der Waals surface area contributed by atoms with E-state index in [1.807, 2.05) is 0 Å². The average Bonchev–Trinajstić information content (AvgIpc) is 2.98. The van der Waals surface area contributed by atoms with E-state index in [9.17, 15) is 26.3 Å². The molecule has 0 unspecified atom stereocenters. The van der Waals surface area contributed by atoms with Gasteiger partial charge in [-0.1, -0.05) is 17.7 Å². The van der Waals surface area contributed by atoms with Gasteiger partial charge in [0.1, 0.15) is 16.7 Å². The molecule has 0 saturated heterocycles. The molecule has 0 aliphatic rings.